The average molecular weight is 239 g/mol. The van der Waals surface area contributed by atoms with Gasteiger partial charge in [0, 0.05) is 17.8 Å². The van der Waals surface area contributed by atoms with Crippen molar-refractivity contribution in [3.63, 3.8) is 0 Å². The molecule has 1 aromatic rings. The van der Waals surface area contributed by atoms with Crippen LogP contribution in [0.3, 0.4) is 0 Å². The molecule has 0 aromatic heterocycles. The van der Waals surface area contributed by atoms with Crippen molar-refractivity contribution in [3.05, 3.63) is 33.8 Å². The molecular formula is C7H6Cl2NO2S-. The smallest absolute Gasteiger partial charge is 0.0595 e. The maximum absolute atomic E-state index is 10.2. The molecule has 1 rings (SSSR count). The Morgan fingerprint density at radius 3 is 2.62 bits per heavy atom. The predicted octanol–water partition coefficient (Wildman–Crippen LogP) is 1.88. The lowest BCUT2D eigenvalue weighted by Crippen LogP contribution is -2.15. The Bertz CT molecular complexity index is 332. The van der Waals surface area contributed by atoms with E-state index in [9.17, 15) is 8.76 Å². The minimum atomic E-state index is -2.25. The highest BCUT2D eigenvalue weighted by molar-refractivity contribution is 7.77. The first kappa shape index (κ1) is 10.9. The number of hydrogen-bond donors (Lipinski definition) is 1. The second-order valence-electron chi connectivity index (χ2n) is 2.30. The zero-order chi connectivity index (χ0) is 9.84. The van der Waals surface area contributed by atoms with E-state index < -0.39 is 11.3 Å². The molecule has 0 spiro atoms. The van der Waals surface area contributed by atoms with Crippen LogP contribution < -0.4 is 4.72 Å². The van der Waals surface area contributed by atoms with Crippen molar-refractivity contribution in [1.82, 2.24) is 4.72 Å². The van der Waals surface area contributed by atoms with Crippen molar-refractivity contribution in [2.75, 3.05) is 0 Å². The molecule has 0 aliphatic heterocycles. The molecule has 13 heavy (non-hydrogen) atoms. The van der Waals surface area contributed by atoms with Gasteiger partial charge in [0.15, 0.2) is 0 Å². The zero-order valence-electron chi connectivity index (χ0n) is 6.42. The van der Waals surface area contributed by atoms with E-state index in [0.29, 0.717) is 10.0 Å². The second-order valence-corrected chi connectivity index (χ2v) is 3.88. The SMILES string of the molecule is O=S([O-])NCc1ccc(Cl)c(Cl)c1. The summed E-state index contributed by atoms with van der Waals surface area (Å²) in [5.41, 5.74) is 0.763. The van der Waals surface area contributed by atoms with Gasteiger partial charge in [0.05, 0.1) is 10.0 Å². The first-order valence-corrected chi connectivity index (χ1v) is 5.19. The molecule has 1 atom stereocenters. The summed E-state index contributed by atoms with van der Waals surface area (Å²) in [6.07, 6.45) is 0. The van der Waals surface area contributed by atoms with Gasteiger partial charge >= 0.3 is 0 Å². The molecule has 0 saturated carbocycles. The van der Waals surface area contributed by atoms with Crippen molar-refractivity contribution in [3.8, 4) is 0 Å². The molecule has 0 heterocycles. The molecule has 3 nitrogen and oxygen atoms in total. The van der Waals surface area contributed by atoms with Gasteiger partial charge in [-0.3, -0.25) is 4.21 Å². The zero-order valence-corrected chi connectivity index (χ0v) is 8.75. The maximum Gasteiger partial charge on any atom is 0.0595 e. The summed E-state index contributed by atoms with van der Waals surface area (Å²) in [5, 5.41) is 0.867. The summed E-state index contributed by atoms with van der Waals surface area (Å²) >= 11 is 9.13. The summed E-state index contributed by atoms with van der Waals surface area (Å²) in [5.74, 6) is 0. The average Bonchev–Trinajstić information content (AvgIpc) is 2.07. The summed E-state index contributed by atoms with van der Waals surface area (Å²) < 4.78 is 22.5. The lowest BCUT2D eigenvalue weighted by atomic mass is 10.2. The molecule has 6 heteroatoms. The third kappa shape index (κ3) is 3.62. The summed E-state index contributed by atoms with van der Waals surface area (Å²) in [7, 11) is 0. The molecule has 72 valence electrons. The highest BCUT2D eigenvalue weighted by Crippen LogP contribution is 2.22. The van der Waals surface area contributed by atoms with Crippen LogP contribution in [0.2, 0.25) is 10.0 Å². The van der Waals surface area contributed by atoms with E-state index in [1.165, 1.54) is 0 Å². The first-order chi connectivity index (χ1) is 6.09. The van der Waals surface area contributed by atoms with Gasteiger partial charge in [0.2, 0.25) is 0 Å². The third-order valence-corrected chi connectivity index (χ3v) is 2.50. The van der Waals surface area contributed by atoms with Crippen LogP contribution in [0, 0.1) is 0 Å². The van der Waals surface area contributed by atoms with Crippen LogP contribution in [-0.4, -0.2) is 8.76 Å². The van der Waals surface area contributed by atoms with Crippen molar-refractivity contribution < 1.29 is 8.76 Å². The van der Waals surface area contributed by atoms with Crippen LogP contribution in [0.15, 0.2) is 18.2 Å². The molecule has 0 aliphatic carbocycles. The minimum absolute atomic E-state index is 0.215. The molecule has 1 aromatic carbocycles. The van der Waals surface area contributed by atoms with Gasteiger partial charge in [-0.15, -0.1) is 0 Å². The van der Waals surface area contributed by atoms with Crippen LogP contribution in [0.1, 0.15) is 5.56 Å². The van der Waals surface area contributed by atoms with Gasteiger partial charge < -0.3 is 4.55 Å². The largest absolute Gasteiger partial charge is 0.760 e. The Hall–Kier alpha value is -0.130. The molecule has 0 radical (unpaired) electrons. The number of nitrogens with one attached hydrogen (secondary N) is 1. The minimum Gasteiger partial charge on any atom is -0.760 e. The summed E-state index contributed by atoms with van der Waals surface area (Å²) in [6, 6.07) is 4.94. The van der Waals surface area contributed by atoms with E-state index in [0.717, 1.165) is 5.56 Å². The molecule has 0 saturated heterocycles. The van der Waals surface area contributed by atoms with Crippen molar-refractivity contribution in [1.29, 1.82) is 0 Å². The number of hydrogen-bond acceptors (Lipinski definition) is 2. The Labute approximate surface area is 88.5 Å². The van der Waals surface area contributed by atoms with Gasteiger partial charge in [0.1, 0.15) is 0 Å². The van der Waals surface area contributed by atoms with Gasteiger partial charge in [-0.25, -0.2) is 4.72 Å². The number of benzene rings is 1. The molecule has 0 amide bonds. The lowest BCUT2D eigenvalue weighted by Gasteiger charge is -2.07. The molecular weight excluding hydrogens is 233 g/mol. The van der Waals surface area contributed by atoms with Crippen molar-refractivity contribution in [2.24, 2.45) is 0 Å². The fraction of sp³-hybridized carbons (Fsp3) is 0.143. The van der Waals surface area contributed by atoms with E-state index >= 15 is 0 Å². The van der Waals surface area contributed by atoms with E-state index in [1.54, 1.807) is 18.2 Å². The second kappa shape index (κ2) is 4.93. The maximum atomic E-state index is 10.2. The quantitative estimate of drug-likeness (QED) is 0.818. The van der Waals surface area contributed by atoms with Gasteiger partial charge in [0.25, 0.3) is 0 Å². The standard InChI is InChI=1S/C7H7Cl2NO2S/c8-6-2-1-5(3-7(6)9)4-10-13(11)12/h1-3,10H,4H2,(H,11,12)/p-1. The van der Waals surface area contributed by atoms with Crippen molar-refractivity contribution in [2.45, 2.75) is 6.54 Å². The molecule has 0 aliphatic rings. The van der Waals surface area contributed by atoms with Crippen LogP contribution >= 0.6 is 23.2 Å². The number of rotatable bonds is 3. The monoisotopic (exact) mass is 238 g/mol. The normalized spacial score (nSPS) is 12.8. The van der Waals surface area contributed by atoms with Gasteiger partial charge in [-0.2, -0.15) is 0 Å². The highest BCUT2D eigenvalue weighted by Gasteiger charge is 1.98. The highest BCUT2D eigenvalue weighted by atomic mass is 35.5. The Kier molecular flexibility index (Phi) is 4.15. The van der Waals surface area contributed by atoms with E-state index in [-0.39, 0.29) is 6.54 Å². The fourth-order valence-corrected chi connectivity index (χ4v) is 1.40. The van der Waals surface area contributed by atoms with Crippen LogP contribution in [0.4, 0.5) is 0 Å². The molecule has 0 bridgehead atoms. The van der Waals surface area contributed by atoms with Crippen LogP contribution in [0.25, 0.3) is 0 Å². The van der Waals surface area contributed by atoms with E-state index in [4.69, 9.17) is 23.2 Å². The van der Waals surface area contributed by atoms with E-state index in [2.05, 4.69) is 4.72 Å². The fourth-order valence-electron chi connectivity index (χ4n) is 0.792. The van der Waals surface area contributed by atoms with Crippen molar-refractivity contribution >= 4 is 34.5 Å². The Morgan fingerprint density at radius 2 is 2.08 bits per heavy atom. The molecule has 0 fully saturated rings. The lowest BCUT2D eigenvalue weighted by molar-refractivity contribution is 0.522. The molecule has 1 unspecified atom stereocenters. The van der Waals surface area contributed by atoms with Gasteiger partial charge in [-0.05, 0) is 17.7 Å². The molecule has 1 N–H and O–H groups in total. The van der Waals surface area contributed by atoms with Gasteiger partial charge in [-0.1, -0.05) is 29.3 Å². The van der Waals surface area contributed by atoms with Crippen LogP contribution in [0.5, 0.6) is 0 Å². The first-order valence-electron chi connectivity index (χ1n) is 3.36. The summed E-state index contributed by atoms with van der Waals surface area (Å²) in [6.45, 7) is 0.215. The summed E-state index contributed by atoms with van der Waals surface area (Å²) in [4.78, 5) is 0. The van der Waals surface area contributed by atoms with Crippen LogP contribution in [-0.2, 0) is 17.8 Å². The Morgan fingerprint density at radius 1 is 1.38 bits per heavy atom. The third-order valence-electron chi connectivity index (χ3n) is 1.38. The van der Waals surface area contributed by atoms with E-state index in [1.807, 2.05) is 0 Å². The Balaban J connectivity index is 2.68. The number of halogens is 2. The predicted molar refractivity (Wildman–Crippen MR) is 52.2 cm³/mol. The topological polar surface area (TPSA) is 52.2 Å².